The molecule has 1 aliphatic rings. The lowest BCUT2D eigenvalue weighted by atomic mass is 10.1. The lowest BCUT2D eigenvalue weighted by molar-refractivity contribution is -0.136. The highest BCUT2D eigenvalue weighted by Gasteiger charge is 2.33. The fourth-order valence-electron chi connectivity index (χ4n) is 2.06. The predicted molar refractivity (Wildman–Crippen MR) is 73.7 cm³/mol. The third-order valence-electron chi connectivity index (χ3n) is 3.14. The summed E-state index contributed by atoms with van der Waals surface area (Å²) in [6.45, 7) is 0.481. The van der Waals surface area contributed by atoms with E-state index in [2.05, 4.69) is 5.32 Å². The average Bonchev–Trinajstić information content (AvgIpc) is 2.88. The minimum absolute atomic E-state index is 0.0190. The Balaban J connectivity index is 2.06. The number of nitrogens with two attached hydrogens (primary N) is 1. The maximum atomic E-state index is 12.7. The number of hydrogen-bond donors (Lipinski definition) is 2. The van der Waals surface area contributed by atoms with E-state index in [1.807, 2.05) is 0 Å². The van der Waals surface area contributed by atoms with Crippen LogP contribution in [0, 0.1) is 0 Å². The van der Waals surface area contributed by atoms with Crippen LogP contribution in [0.2, 0.25) is 0 Å². The minimum atomic E-state index is -4.55. The highest BCUT2D eigenvalue weighted by atomic mass is 32.2. The van der Waals surface area contributed by atoms with Crippen LogP contribution in [0.15, 0.2) is 18.2 Å². The molecule has 1 heterocycles. The molecule has 0 radical (unpaired) electrons. The molecule has 1 aliphatic heterocycles. The molecule has 1 atom stereocenters. The Morgan fingerprint density at radius 1 is 1.45 bits per heavy atom. The van der Waals surface area contributed by atoms with E-state index < -0.39 is 17.6 Å². The van der Waals surface area contributed by atoms with Gasteiger partial charge in [0.05, 0.1) is 5.56 Å². The molecule has 1 amide bonds. The molecule has 3 nitrogen and oxygen atoms in total. The quantitative estimate of drug-likeness (QED) is 0.844. The van der Waals surface area contributed by atoms with E-state index in [4.69, 9.17) is 5.73 Å². The van der Waals surface area contributed by atoms with Gasteiger partial charge in [0.15, 0.2) is 0 Å². The van der Waals surface area contributed by atoms with Crippen molar-refractivity contribution in [3.63, 3.8) is 0 Å². The largest absolute Gasteiger partial charge is 0.418 e. The average molecular weight is 304 g/mol. The van der Waals surface area contributed by atoms with E-state index in [0.29, 0.717) is 11.8 Å². The maximum Gasteiger partial charge on any atom is 0.418 e. The Morgan fingerprint density at radius 3 is 2.80 bits per heavy atom. The van der Waals surface area contributed by atoms with Crippen LogP contribution in [0.25, 0.3) is 0 Å². The Bertz CT molecular complexity index is 499. The van der Waals surface area contributed by atoms with Crippen LogP contribution in [0.4, 0.5) is 18.9 Å². The minimum Gasteiger partial charge on any atom is -0.398 e. The highest BCUT2D eigenvalue weighted by molar-refractivity contribution is 8.00. The first kappa shape index (κ1) is 15.0. The molecule has 0 bridgehead atoms. The summed E-state index contributed by atoms with van der Waals surface area (Å²) >= 11 is 1.77. The smallest absolute Gasteiger partial charge is 0.398 e. The van der Waals surface area contributed by atoms with Crippen molar-refractivity contribution in [2.24, 2.45) is 0 Å². The van der Waals surface area contributed by atoms with Crippen LogP contribution < -0.4 is 11.1 Å². The number of thioether (sulfide) groups is 1. The van der Waals surface area contributed by atoms with Crippen molar-refractivity contribution in [3.8, 4) is 0 Å². The first-order valence-electron chi connectivity index (χ1n) is 6.24. The van der Waals surface area contributed by atoms with Gasteiger partial charge in [-0.2, -0.15) is 24.9 Å². The zero-order valence-electron chi connectivity index (χ0n) is 10.7. The van der Waals surface area contributed by atoms with Crippen molar-refractivity contribution >= 4 is 23.4 Å². The Kier molecular flexibility index (Phi) is 4.47. The van der Waals surface area contributed by atoms with E-state index >= 15 is 0 Å². The van der Waals surface area contributed by atoms with Gasteiger partial charge in [-0.25, -0.2) is 0 Å². The molecule has 7 heteroatoms. The third-order valence-corrected chi connectivity index (χ3v) is 4.53. The molecular weight excluding hydrogens is 289 g/mol. The lowest BCUT2D eigenvalue weighted by Crippen LogP contribution is -2.30. The third kappa shape index (κ3) is 3.59. The molecule has 1 fully saturated rings. The number of rotatable bonds is 3. The number of benzene rings is 1. The van der Waals surface area contributed by atoms with Crippen LogP contribution in [-0.4, -0.2) is 23.5 Å². The van der Waals surface area contributed by atoms with Crippen molar-refractivity contribution in [1.29, 1.82) is 0 Å². The molecule has 3 N–H and O–H groups in total. The SMILES string of the molecule is Nc1ccc(C(=O)NCC2CCCS2)cc1C(F)(F)F. The molecule has 0 aliphatic carbocycles. The van der Waals surface area contributed by atoms with Crippen LogP contribution in [0.3, 0.4) is 0 Å². The second-order valence-corrected chi connectivity index (χ2v) is 6.05. The Morgan fingerprint density at radius 2 is 2.20 bits per heavy atom. The molecular formula is C13H15F3N2OS. The van der Waals surface area contributed by atoms with Gasteiger partial charge >= 0.3 is 6.18 Å². The zero-order valence-corrected chi connectivity index (χ0v) is 11.5. The van der Waals surface area contributed by atoms with E-state index in [0.717, 1.165) is 30.7 Å². The summed E-state index contributed by atoms with van der Waals surface area (Å²) < 4.78 is 38.1. The fraction of sp³-hybridized carbons (Fsp3) is 0.462. The summed E-state index contributed by atoms with van der Waals surface area (Å²) in [6.07, 6.45) is -2.41. The molecule has 0 aromatic heterocycles. The van der Waals surface area contributed by atoms with Gasteiger partial charge < -0.3 is 11.1 Å². The predicted octanol–water partition coefficient (Wildman–Crippen LogP) is 2.91. The molecule has 1 aromatic carbocycles. The van der Waals surface area contributed by atoms with E-state index in [1.54, 1.807) is 11.8 Å². The van der Waals surface area contributed by atoms with Crippen molar-refractivity contribution in [1.82, 2.24) is 5.32 Å². The van der Waals surface area contributed by atoms with Crippen molar-refractivity contribution < 1.29 is 18.0 Å². The molecule has 20 heavy (non-hydrogen) atoms. The first-order chi connectivity index (χ1) is 9.38. The number of alkyl halides is 3. The fourth-order valence-corrected chi connectivity index (χ4v) is 3.26. The van der Waals surface area contributed by atoms with E-state index in [-0.39, 0.29) is 11.3 Å². The van der Waals surface area contributed by atoms with Crippen molar-refractivity contribution in [3.05, 3.63) is 29.3 Å². The molecule has 1 saturated heterocycles. The Hall–Kier alpha value is -1.37. The first-order valence-corrected chi connectivity index (χ1v) is 7.29. The standard InChI is InChI=1S/C13H15F3N2OS/c14-13(15,16)10-6-8(3-4-11(10)17)12(19)18-7-9-2-1-5-20-9/h3-4,6,9H,1-2,5,7,17H2,(H,18,19). The second-order valence-electron chi connectivity index (χ2n) is 4.64. The van der Waals surface area contributed by atoms with Gasteiger partial charge in [-0.05, 0) is 36.8 Å². The summed E-state index contributed by atoms with van der Waals surface area (Å²) in [6, 6.07) is 3.22. The number of carbonyl (C=O) groups is 1. The van der Waals surface area contributed by atoms with Gasteiger partial charge in [-0.3, -0.25) is 4.79 Å². The normalized spacial score (nSPS) is 19.1. The zero-order chi connectivity index (χ0) is 14.8. The molecule has 0 saturated carbocycles. The molecule has 110 valence electrons. The van der Waals surface area contributed by atoms with Crippen molar-refractivity contribution in [2.45, 2.75) is 24.3 Å². The number of nitrogen functional groups attached to an aromatic ring is 1. The van der Waals surface area contributed by atoms with Gasteiger partial charge in [0, 0.05) is 23.0 Å². The lowest BCUT2D eigenvalue weighted by Gasteiger charge is -2.13. The number of hydrogen-bond acceptors (Lipinski definition) is 3. The number of nitrogens with one attached hydrogen (secondary N) is 1. The monoisotopic (exact) mass is 304 g/mol. The van der Waals surface area contributed by atoms with Crippen LogP contribution in [0.1, 0.15) is 28.8 Å². The molecule has 1 aromatic rings. The van der Waals surface area contributed by atoms with Crippen LogP contribution in [0.5, 0.6) is 0 Å². The summed E-state index contributed by atoms with van der Waals surface area (Å²) in [7, 11) is 0. The number of halogens is 3. The van der Waals surface area contributed by atoms with E-state index in [9.17, 15) is 18.0 Å². The second kappa shape index (κ2) is 5.95. The summed E-state index contributed by atoms with van der Waals surface area (Å²) in [5.74, 6) is 0.573. The van der Waals surface area contributed by atoms with Gasteiger partial charge in [-0.1, -0.05) is 0 Å². The topological polar surface area (TPSA) is 55.1 Å². The van der Waals surface area contributed by atoms with Gasteiger partial charge in [0.25, 0.3) is 5.91 Å². The van der Waals surface area contributed by atoms with Crippen molar-refractivity contribution in [2.75, 3.05) is 18.0 Å². The van der Waals surface area contributed by atoms with Gasteiger partial charge in [0.1, 0.15) is 0 Å². The summed E-state index contributed by atoms with van der Waals surface area (Å²) in [5, 5.41) is 3.03. The Labute approximate surface area is 119 Å². The van der Waals surface area contributed by atoms with Gasteiger partial charge in [-0.15, -0.1) is 0 Å². The van der Waals surface area contributed by atoms with Gasteiger partial charge in [0.2, 0.25) is 0 Å². The number of anilines is 1. The molecule has 1 unspecified atom stereocenters. The maximum absolute atomic E-state index is 12.7. The number of carbonyl (C=O) groups excluding carboxylic acids is 1. The number of amides is 1. The van der Waals surface area contributed by atoms with Crippen LogP contribution in [-0.2, 0) is 6.18 Å². The van der Waals surface area contributed by atoms with E-state index in [1.165, 1.54) is 6.07 Å². The van der Waals surface area contributed by atoms with Crippen LogP contribution >= 0.6 is 11.8 Å². The molecule has 0 spiro atoms. The summed E-state index contributed by atoms with van der Waals surface area (Å²) in [4.78, 5) is 11.9. The molecule has 2 rings (SSSR count). The highest BCUT2D eigenvalue weighted by Crippen LogP contribution is 2.34. The summed E-state index contributed by atoms with van der Waals surface area (Å²) in [5.41, 5.74) is 3.93.